The first kappa shape index (κ1) is 13.1. The standard InChI is InChI=1S/C17H24O2/c18-16(14-9-12-19-13-14)17(10-5-2-6-11-17)15-7-3-1-4-8-15/h1,3-4,7-8,14,16,18H,2,5-6,9-13H2. The van der Waals surface area contributed by atoms with Crippen LogP contribution in [0.2, 0.25) is 0 Å². The highest BCUT2D eigenvalue weighted by atomic mass is 16.5. The molecule has 0 amide bonds. The van der Waals surface area contributed by atoms with E-state index in [1.807, 2.05) is 0 Å². The van der Waals surface area contributed by atoms with Gasteiger partial charge in [0.05, 0.1) is 12.7 Å². The fourth-order valence-electron chi connectivity index (χ4n) is 3.96. The van der Waals surface area contributed by atoms with Crippen LogP contribution >= 0.6 is 0 Å². The predicted octanol–water partition coefficient (Wildman–Crippen LogP) is 3.29. The van der Waals surface area contributed by atoms with Gasteiger partial charge in [0.25, 0.3) is 0 Å². The molecule has 104 valence electrons. The molecule has 1 aliphatic carbocycles. The number of ether oxygens (including phenoxy) is 1. The lowest BCUT2D eigenvalue weighted by Gasteiger charge is -2.44. The molecule has 0 aromatic heterocycles. The number of hydrogen-bond acceptors (Lipinski definition) is 2. The first-order chi connectivity index (χ1) is 9.33. The molecule has 1 saturated heterocycles. The molecule has 2 unspecified atom stereocenters. The molecule has 2 nitrogen and oxygen atoms in total. The SMILES string of the molecule is OC(C1CCOC1)C1(c2ccccc2)CCCCC1. The largest absolute Gasteiger partial charge is 0.392 e. The van der Waals surface area contributed by atoms with E-state index in [-0.39, 0.29) is 11.5 Å². The summed E-state index contributed by atoms with van der Waals surface area (Å²) in [5.41, 5.74) is 1.30. The summed E-state index contributed by atoms with van der Waals surface area (Å²) in [5.74, 6) is 0.318. The van der Waals surface area contributed by atoms with Crippen molar-refractivity contribution in [3.63, 3.8) is 0 Å². The van der Waals surface area contributed by atoms with Crippen LogP contribution < -0.4 is 0 Å². The van der Waals surface area contributed by atoms with Crippen molar-refractivity contribution in [2.45, 2.75) is 50.0 Å². The minimum absolute atomic E-state index is 0.0299. The third-order valence-electron chi connectivity index (χ3n) is 5.07. The van der Waals surface area contributed by atoms with Crippen molar-refractivity contribution >= 4 is 0 Å². The molecule has 1 aromatic carbocycles. The molecule has 0 bridgehead atoms. The molecule has 3 rings (SSSR count). The van der Waals surface area contributed by atoms with Crippen LogP contribution in [0.4, 0.5) is 0 Å². The Bertz CT molecular complexity index is 389. The fraction of sp³-hybridized carbons (Fsp3) is 0.647. The van der Waals surface area contributed by atoms with E-state index in [1.165, 1.54) is 24.8 Å². The van der Waals surface area contributed by atoms with E-state index < -0.39 is 0 Å². The lowest BCUT2D eigenvalue weighted by molar-refractivity contribution is 0.00362. The van der Waals surface area contributed by atoms with Crippen LogP contribution in [-0.4, -0.2) is 24.4 Å². The summed E-state index contributed by atoms with van der Waals surface area (Å²) in [5, 5.41) is 11.0. The molecule has 0 spiro atoms. The van der Waals surface area contributed by atoms with Gasteiger partial charge in [-0.15, -0.1) is 0 Å². The molecule has 19 heavy (non-hydrogen) atoms. The van der Waals surface area contributed by atoms with Crippen molar-refractivity contribution in [1.29, 1.82) is 0 Å². The monoisotopic (exact) mass is 260 g/mol. The maximum Gasteiger partial charge on any atom is 0.0687 e. The summed E-state index contributed by atoms with van der Waals surface area (Å²) in [6.07, 6.45) is 6.78. The van der Waals surface area contributed by atoms with Crippen molar-refractivity contribution < 1.29 is 9.84 Å². The van der Waals surface area contributed by atoms with Crippen LogP contribution in [0.25, 0.3) is 0 Å². The molecule has 1 saturated carbocycles. The molecule has 1 aromatic rings. The summed E-state index contributed by atoms with van der Waals surface area (Å²) < 4.78 is 5.49. The van der Waals surface area contributed by atoms with Gasteiger partial charge in [-0.1, -0.05) is 49.6 Å². The number of benzene rings is 1. The zero-order valence-electron chi connectivity index (χ0n) is 11.6. The summed E-state index contributed by atoms with van der Waals surface area (Å²) in [6.45, 7) is 1.54. The second-order valence-corrected chi connectivity index (χ2v) is 6.15. The molecular weight excluding hydrogens is 236 g/mol. The normalized spacial score (nSPS) is 28.2. The van der Waals surface area contributed by atoms with E-state index in [0.29, 0.717) is 5.92 Å². The lowest BCUT2D eigenvalue weighted by atomic mass is 9.63. The smallest absolute Gasteiger partial charge is 0.0687 e. The Hall–Kier alpha value is -0.860. The highest BCUT2D eigenvalue weighted by Crippen LogP contribution is 2.45. The summed E-state index contributed by atoms with van der Waals surface area (Å²) >= 11 is 0. The Balaban J connectivity index is 1.91. The van der Waals surface area contributed by atoms with Gasteiger partial charge in [-0.2, -0.15) is 0 Å². The third kappa shape index (κ3) is 2.44. The quantitative estimate of drug-likeness (QED) is 0.903. The number of hydrogen-bond donors (Lipinski definition) is 1. The van der Waals surface area contributed by atoms with Crippen molar-refractivity contribution in [2.75, 3.05) is 13.2 Å². The molecular formula is C17H24O2. The zero-order chi connectivity index (χ0) is 13.1. The number of rotatable bonds is 3. The average Bonchev–Trinajstić information content (AvgIpc) is 3.02. The van der Waals surface area contributed by atoms with Gasteiger partial charge in [0.2, 0.25) is 0 Å². The first-order valence-electron chi connectivity index (χ1n) is 7.64. The average molecular weight is 260 g/mol. The minimum Gasteiger partial charge on any atom is -0.392 e. The topological polar surface area (TPSA) is 29.5 Å². The van der Waals surface area contributed by atoms with Crippen molar-refractivity contribution in [2.24, 2.45) is 5.92 Å². The summed E-state index contributed by atoms with van der Waals surface area (Å²) in [6, 6.07) is 10.7. The van der Waals surface area contributed by atoms with E-state index >= 15 is 0 Å². The predicted molar refractivity (Wildman–Crippen MR) is 76.1 cm³/mol. The van der Waals surface area contributed by atoms with Crippen molar-refractivity contribution in [3.05, 3.63) is 35.9 Å². The Morgan fingerprint density at radius 1 is 1.11 bits per heavy atom. The molecule has 2 fully saturated rings. The molecule has 2 heteroatoms. The fourth-order valence-corrected chi connectivity index (χ4v) is 3.96. The summed E-state index contributed by atoms with van der Waals surface area (Å²) in [7, 11) is 0. The number of aliphatic hydroxyl groups excluding tert-OH is 1. The van der Waals surface area contributed by atoms with Gasteiger partial charge in [0.15, 0.2) is 0 Å². The first-order valence-corrected chi connectivity index (χ1v) is 7.64. The van der Waals surface area contributed by atoms with E-state index in [1.54, 1.807) is 0 Å². The van der Waals surface area contributed by atoms with Gasteiger partial charge in [-0.25, -0.2) is 0 Å². The van der Waals surface area contributed by atoms with E-state index in [9.17, 15) is 5.11 Å². The Morgan fingerprint density at radius 2 is 1.84 bits per heavy atom. The van der Waals surface area contributed by atoms with E-state index in [4.69, 9.17) is 4.74 Å². The van der Waals surface area contributed by atoms with Crippen LogP contribution in [0.1, 0.15) is 44.1 Å². The van der Waals surface area contributed by atoms with Gasteiger partial charge >= 0.3 is 0 Å². The second-order valence-electron chi connectivity index (χ2n) is 6.15. The van der Waals surface area contributed by atoms with Crippen LogP contribution in [0.15, 0.2) is 30.3 Å². The maximum atomic E-state index is 11.0. The zero-order valence-corrected chi connectivity index (χ0v) is 11.6. The second kappa shape index (κ2) is 5.64. The molecule has 1 N–H and O–H groups in total. The van der Waals surface area contributed by atoms with Crippen LogP contribution in [0.3, 0.4) is 0 Å². The van der Waals surface area contributed by atoms with Crippen molar-refractivity contribution in [1.82, 2.24) is 0 Å². The molecule has 1 heterocycles. The lowest BCUT2D eigenvalue weighted by Crippen LogP contribution is -2.45. The highest BCUT2D eigenvalue weighted by molar-refractivity contribution is 5.28. The van der Waals surface area contributed by atoms with Gasteiger partial charge in [-0.05, 0) is 24.8 Å². The van der Waals surface area contributed by atoms with Crippen molar-refractivity contribution in [3.8, 4) is 0 Å². The Morgan fingerprint density at radius 3 is 2.47 bits per heavy atom. The maximum absolute atomic E-state index is 11.0. The van der Waals surface area contributed by atoms with Crippen LogP contribution in [0, 0.1) is 5.92 Å². The Kier molecular flexibility index (Phi) is 3.90. The molecule has 1 aliphatic heterocycles. The van der Waals surface area contributed by atoms with Gasteiger partial charge in [-0.3, -0.25) is 0 Å². The molecule has 2 aliphatic rings. The Labute approximate surface area is 115 Å². The molecule has 2 atom stereocenters. The van der Waals surface area contributed by atoms with Gasteiger partial charge in [0, 0.05) is 17.9 Å². The minimum atomic E-state index is -0.252. The van der Waals surface area contributed by atoms with Gasteiger partial charge in [0.1, 0.15) is 0 Å². The third-order valence-corrected chi connectivity index (χ3v) is 5.07. The number of aliphatic hydroxyl groups is 1. The van der Waals surface area contributed by atoms with E-state index in [2.05, 4.69) is 30.3 Å². The van der Waals surface area contributed by atoms with E-state index in [0.717, 1.165) is 32.5 Å². The van der Waals surface area contributed by atoms with Crippen LogP contribution in [-0.2, 0) is 10.2 Å². The highest BCUT2D eigenvalue weighted by Gasteiger charge is 2.44. The summed E-state index contributed by atoms with van der Waals surface area (Å²) in [4.78, 5) is 0. The van der Waals surface area contributed by atoms with Gasteiger partial charge < -0.3 is 9.84 Å². The molecule has 0 radical (unpaired) electrons. The van der Waals surface area contributed by atoms with Crippen LogP contribution in [0.5, 0.6) is 0 Å².